The number of hydrogen-bond donors (Lipinski definition) is 0. The van der Waals surface area contributed by atoms with Crippen molar-refractivity contribution in [1.82, 2.24) is 4.90 Å². The predicted molar refractivity (Wildman–Crippen MR) is 81.2 cm³/mol. The Balaban J connectivity index is 1.70. The molecule has 0 bridgehead atoms. The molecule has 1 aromatic rings. The first-order valence-corrected chi connectivity index (χ1v) is 8.30. The van der Waals surface area contributed by atoms with E-state index in [9.17, 15) is 9.59 Å². The zero-order valence-electron chi connectivity index (χ0n) is 12.1. The zero-order valence-corrected chi connectivity index (χ0v) is 12.9. The lowest BCUT2D eigenvalue weighted by molar-refractivity contribution is -0.152. The van der Waals surface area contributed by atoms with Crippen LogP contribution in [0.15, 0.2) is 29.2 Å². The molecule has 2 aliphatic rings. The van der Waals surface area contributed by atoms with Gasteiger partial charge in [-0.1, -0.05) is 18.2 Å². The number of rotatable bonds is 3. The van der Waals surface area contributed by atoms with Gasteiger partial charge < -0.3 is 9.64 Å². The molecule has 0 spiro atoms. The molecule has 0 saturated carbocycles. The Morgan fingerprint density at radius 2 is 2.19 bits per heavy atom. The largest absolute Gasteiger partial charge is 0.464 e. The van der Waals surface area contributed by atoms with Gasteiger partial charge in [-0.25, -0.2) is 4.79 Å². The van der Waals surface area contributed by atoms with Crippen LogP contribution >= 0.6 is 11.8 Å². The van der Waals surface area contributed by atoms with Gasteiger partial charge in [-0.15, -0.1) is 11.8 Å². The van der Waals surface area contributed by atoms with Crippen LogP contribution in [0.1, 0.15) is 25.3 Å². The van der Waals surface area contributed by atoms with Gasteiger partial charge in [-0.3, -0.25) is 4.79 Å². The van der Waals surface area contributed by atoms with E-state index in [2.05, 4.69) is 12.1 Å². The maximum absolute atomic E-state index is 12.7. The fourth-order valence-corrected chi connectivity index (χ4v) is 4.28. The van der Waals surface area contributed by atoms with Crippen molar-refractivity contribution in [2.45, 2.75) is 42.4 Å². The second-order valence-electron chi connectivity index (χ2n) is 5.36. The summed E-state index contributed by atoms with van der Waals surface area (Å²) >= 11 is 1.61. The molecule has 2 aliphatic heterocycles. The fraction of sp³-hybridized carbons (Fsp3) is 0.500. The third kappa shape index (κ3) is 2.79. The molecular formula is C16H19NO3S. The molecule has 0 aromatic heterocycles. The topological polar surface area (TPSA) is 46.6 Å². The van der Waals surface area contributed by atoms with Crippen molar-refractivity contribution in [3.05, 3.63) is 29.8 Å². The Morgan fingerprint density at radius 1 is 1.38 bits per heavy atom. The third-order valence-corrected chi connectivity index (χ3v) is 5.32. The van der Waals surface area contributed by atoms with Crippen LogP contribution in [0.3, 0.4) is 0 Å². The molecule has 0 aliphatic carbocycles. The van der Waals surface area contributed by atoms with Crippen LogP contribution in [0.4, 0.5) is 0 Å². The van der Waals surface area contributed by atoms with Gasteiger partial charge in [-0.05, 0) is 37.8 Å². The minimum absolute atomic E-state index is 0.0757. The number of benzene rings is 1. The molecule has 1 aromatic carbocycles. The maximum Gasteiger partial charge on any atom is 0.328 e. The number of carbonyl (C=O) groups excluding carboxylic acids is 2. The van der Waals surface area contributed by atoms with Crippen LogP contribution in [0.2, 0.25) is 0 Å². The summed E-state index contributed by atoms with van der Waals surface area (Å²) in [6, 6.07) is 7.74. The van der Waals surface area contributed by atoms with Crippen LogP contribution in [0, 0.1) is 0 Å². The van der Waals surface area contributed by atoms with Crippen molar-refractivity contribution in [3.8, 4) is 0 Å². The summed E-state index contributed by atoms with van der Waals surface area (Å²) in [5, 5.41) is -0.0996. The van der Waals surface area contributed by atoms with Crippen LogP contribution in [-0.2, 0) is 20.7 Å². The number of esters is 1. The normalized spacial score (nSPS) is 24.0. The van der Waals surface area contributed by atoms with Crippen molar-refractivity contribution >= 4 is 23.6 Å². The van der Waals surface area contributed by atoms with Gasteiger partial charge in [-0.2, -0.15) is 0 Å². The van der Waals surface area contributed by atoms with Crippen molar-refractivity contribution in [2.24, 2.45) is 0 Å². The number of hydrogen-bond acceptors (Lipinski definition) is 4. The first kappa shape index (κ1) is 14.4. The highest BCUT2D eigenvalue weighted by atomic mass is 32.2. The summed E-state index contributed by atoms with van der Waals surface area (Å²) in [5.74, 6) is -0.185. The summed E-state index contributed by atoms with van der Waals surface area (Å²) in [5.41, 5.74) is 1.23. The molecule has 1 saturated heterocycles. The molecule has 4 nitrogen and oxygen atoms in total. The minimum Gasteiger partial charge on any atom is -0.464 e. The summed E-state index contributed by atoms with van der Waals surface area (Å²) in [6.07, 6.45) is 2.35. The molecule has 1 fully saturated rings. The third-order valence-electron chi connectivity index (χ3n) is 4.02. The van der Waals surface area contributed by atoms with E-state index in [1.165, 1.54) is 10.5 Å². The molecular weight excluding hydrogens is 286 g/mol. The van der Waals surface area contributed by atoms with E-state index >= 15 is 0 Å². The van der Waals surface area contributed by atoms with E-state index in [4.69, 9.17) is 4.74 Å². The van der Waals surface area contributed by atoms with E-state index in [0.717, 1.165) is 19.3 Å². The van der Waals surface area contributed by atoms with Crippen LogP contribution in [0.25, 0.3) is 0 Å². The van der Waals surface area contributed by atoms with Gasteiger partial charge in [0.1, 0.15) is 6.04 Å². The monoisotopic (exact) mass is 305 g/mol. The number of ether oxygens (including phenoxy) is 1. The minimum atomic E-state index is -0.387. The number of amides is 1. The number of thioether (sulfide) groups is 1. The molecule has 112 valence electrons. The lowest BCUT2D eigenvalue weighted by Crippen LogP contribution is -2.45. The molecule has 2 atom stereocenters. The predicted octanol–water partition coefficient (Wildman–Crippen LogP) is 2.26. The average Bonchev–Trinajstić information content (AvgIpc) is 3.13. The second-order valence-corrected chi connectivity index (χ2v) is 6.60. The molecule has 0 radical (unpaired) electrons. The Hall–Kier alpha value is -1.49. The molecule has 0 N–H and O–H groups in total. The molecule has 2 unspecified atom stereocenters. The Morgan fingerprint density at radius 3 is 2.95 bits per heavy atom. The van der Waals surface area contributed by atoms with Crippen molar-refractivity contribution in [1.29, 1.82) is 0 Å². The smallest absolute Gasteiger partial charge is 0.328 e. The quantitative estimate of drug-likeness (QED) is 0.804. The average molecular weight is 305 g/mol. The van der Waals surface area contributed by atoms with E-state index in [1.54, 1.807) is 23.6 Å². The van der Waals surface area contributed by atoms with Crippen molar-refractivity contribution < 1.29 is 14.3 Å². The molecule has 2 heterocycles. The van der Waals surface area contributed by atoms with E-state index in [1.807, 2.05) is 12.1 Å². The van der Waals surface area contributed by atoms with Crippen molar-refractivity contribution in [2.75, 3.05) is 13.2 Å². The van der Waals surface area contributed by atoms with Crippen LogP contribution < -0.4 is 0 Å². The first-order valence-electron chi connectivity index (χ1n) is 7.42. The number of carbonyl (C=O) groups is 2. The first-order chi connectivity index (χ1) is 10.2. The van der Waals surface area contributed by atoms with E-state index < -0.39 is 0 Å². The SMILES string of the molecule is CCOC(=O)C1CCCN1C(=O)C1Cc2ccccc2S1. The zero-order chi connectivity index (χ0) is 14.8. The summed E-state index contributed by atoms with van der Waals surface area (Å²) in [6.45, 7) is 2.82. The van der Waals surface area contributed by atoms with Crippen LogP contribution in [-0.4, -0.2) is 41.2 Å². The summed E-state index contributed by atoms with van der Waals surface area (Å²) in [7, 11) is 0. The Labute approximate surface area is 128 Å². The number of likely N-dealkylation sites (tertiary alicyclic amines) is 1. The standard InChI is InChI=1S/C16H19NO3S/c1-2-20-16(19)12-7-5-9-17(12)15(18)14-10-11-6-3-4-8-13(11)21-14/h3-4,6,8,12,14H,2,5,7,9-10H2,1H3. The lowest BCUT2D eigenvalue weighted by atomic mass is 10.1. The molecule has 1 amide bonds. The Kier molecular flexibility index (Phi) is 4.19. The van der Waals surface area contributed by atoms with Crippen molar-refractivity contribution in [3.63, 3.8) is 0 Å². The second kappa shape index (κ2) is 6.10. The highest BCUT2D eigenvalue weighted by Crippen LogP contribution is 2.38. The fourth-order valence-electron chi connectivity index (χ4n) is 3.02. The highest BCUT2D eigenvalue weighted by Gasteiger charge is 2.39. The summed E-state index contributed by atoms with van der Waals surface area (Å²) in [4.78, 5) is 27.6. The molecule has 21 heavy (non-hydrogen) atoms. The van der Waals surface area contributed by atoms with Gasteiger partial charge in [0, 0.05) is 11.4 Å². The maximum atomic E-state index is 12.7. The number of fused-ring (bicyclic) bond motifs is 1. The van der Waals surface area contributed by atoms with Gasteiger partial charge in [0.05, 0.1) is 11.9 Å². The highest BCUT2D eigenvalue weighted by molar-refractivity contribution is 8.01. The molecule has 3 rings (SSSR count). The van der Waals surface area contributed by atoms with E-state index in [0.29, 0.717) is 13.2 Å². The van der Waals surface area contributed by atoms with Gasteiger partial charge in [0.2, 0.25) is 5.91 Å². The van der Waals surface area contributed by atoms with Gasteiger partial charge >= 0.3 is 5.97 Å². The number of nitrogens with zero attached hydrogens (tertiary/aromatic N) is 1. The Bertz CT molecular complexity index is 535. The van der Waals surface area contributed by atoms with Gasteiger partial charge in [0.15, 0.2) is 0 Å². The van der Waals surface area contributed by atoms with Gasteiger partial charge in [0.25, 0.3) is 0 Å². The van der Waals surface area contributed by atoms with Crippen LogP contribution in [0.5, 0.6) is 0 Å². The van der Waals surface area contributed by atoms with E-state index in [-0.39, 0.29) is 23.2 Å². The molecule has 5 heteroatoms. The summed E-state index contributed by atoms with van der Waals surface area (Å²) < 4.78 is 5.09. The lowest BCUT2D eigenvalue weighted by Gasteiger charge is -2.25.